The molecule has 7 heteroatoms. The van der Waals surface area contributed by atoms with Gasteiger partial charge in [0.25, 0.3) is 11.8 Å². The molecule has 2 N–H and O–H groups in total. The van der Waals surface area contributed by atoms with E-state index in [-0.39, 0.29) is 11.7 Å². The number of hydrogen-bond acceptors (Lipinski definition) is 4. The van der Waals surface area contributed by atoms with Crippen molar-refractivity contribution in [3.63, 3.8) is 0 Å². The van der Waals surface area contributed by atoms with Crippen molar-refractivity contribution >= 4 is 17.5 Å². The highest BCUT2D eigenvalue weighted by Gasteiger charge is 2.27. The number of nitrogens with one attached hydrogen (secondary N) is 2. The highest BCUT2D eigenvalue weighted by Crippen LogP contribution is 2.23. The summed E-state index contributed by atoms with van der Waals surface area (Å²) in [6.07, 6.45) is 2.57. The fourth-order valence-electron chi connectivity index (χ4n) is 3.63. The van der Waals surface area contributed by atoms with E-state index < -0.39 is 5.91 Å². The Balaban J connectivity index is 1.58. The standard InChI is InChI=1S/C23H21N5O2/c24-14-17-10-4-5-11-18(17)26-23(30)21-27-20(19-12-6-7-13-28(19)21)22(29)25-15-16-8-2-1-3-9-16/h1-5,8-11H,6-7,12-13,15H2,(H,25,29)(H,26,30). The van der Waals surface area contributed by atoms with E-state index in [2.05, 4.69) is 21.7 Å². The number of benzene rings is 2. The van der Waals surface area contributed by atoms with Crippen LogP contribution in [-0.2, 0) is 19.5 Å². The first kappa shape index (κ1) is 19.4. The topological polar surface area (TPSA) is 99.8 Å². The summed E-state index contributed by atoms with van der Waals surface area (Å²) in [5.41, 5.74) is 2.87. The van der Waals surface area contributed by atoms with Gasteiger partial charge in [0.2, 0.25) is 0 Å². The van der Waals surface area contributed by atoms with Crippen molar-refractivity contribution in [3.05, 3.63) is 82.9 Å². The molecule has 1 aliphatic heterocycles. The molecule has 1 aromatic heterocycles. The maximum atomic E-state index is 12.9. The summed E-state index contributed by atoms with van der Waals surface area (Å²) in [6.45, 7) is 1.03. The SMILES string of the molecule is N#Cc1ccccc1NC(=O)c1nc(C(=O)NCc2ccccc2)c2n1CCCC2. The highest BCUT2D eigenvalue weighted by molar-refractivity contribution is 6.04. The molecule has 150 valence electrons. The van der Waals surface area contributed by atoms with E-state index in [0.717, 1.165) is 24.1 Å². The van der Waals surface area contributed by atoms with Crippen molar-refractivity contribution in [1.82, 2.24) is 14.9 Å². The van der Waals surface area contributed by atoms with E-state index >= 15 is 0 Å². The molecule has 1 aliphatic rings. The van der Waals surface area contributed by atoms with E-state index in [4.69, 9.17) is 0 Å². The second-order valence-electron chi connectivity index (χ2n) is 7.12. The molecule has 0 saturated heterocycles. The monoisotopic (exact) mass is 399 g/mol. The Hall–Kier alpha value is -3.92. The van der Waals surface area contributed by atoms with Crippen LogP contribution in [0.2, 0.25) is 0 Å². The number of amides is 2. The number of carbonyl (C=O) groups excluding carboxylic acids is 2. The highest BCUT2D eigenvalue weighted by atomic mass is 16.2. The average molecular weight is 399 g/mol. The minimum Gasteiger partial charge on any atom is -0.347 e. The molecule has 2 amide bonds. The van der Waals surface area contributed by atoms with E-state index in [9.17, 15) is 14.9 Å². The van der Waals surface area contributed by atoms with Crippen LogP contribution >= 0.6 is 0 Å². The minimum atomic E-state index is -0.428. The van der Waals surface area contributed by atoms with E-state index in [1.165, 1.54) is 0 Å². The largest absolute Gasteiger partial charge is 0.347 e. The third kappa shape index (κ3) is 3.94. The molecule has 0 atom stereocenters. The zero-order chi connectivity index (χ0) is 20.9. The number of fused-ring (bicyclic) bond motifs is 1. The summed E-state index contributed by atoms with van der Waals surface area (Å²) in [5, 5.41) is 14.9. The van der Waals surface area contributed by atoms with Gasteiger partial charge >= 0.3 is 0 Å². The zero-order valence-corrected chi connectivity index (χ0v) is 16.4. The van der Waals surface area contributed by atoms with Crippen LogP contribution in [0, 0.1) is 11.3 Å². The second-order valence-corrected chi connectivity index (χ2v) is 7.12. The maximum absolute atomic E-state index is 12.9. The summed E-state index contributed by atoms with van der Waals surface area (Å²) in [5.74, 6) is -0.522. The Morgan fingerprint density at radius 3 is 2.60 bits per heavy atom. The van der Waals surface area contributed by atoms with Crippen molar-refractivity contribution in [1.29, 1.82) is 5.26 Å². The number of carbonyl (C=O) groups is 2. The third-order valence-corrected chi connectivity index (χ3v) is 5.13. The number of nitriles is 1. The van der Waals surface area contributed by atoms with Gasteiger partial charge in [0.1, 0.15) is 11.8 Å². The molecule has 0 bridgehead atoms. The lowest BCUT2D eigenvalue weighted by molar-refractivity contribution is 0.0945. The van der Waals surface area contributed by atoms with Crippen molar-refractivity contribution in [2.24, 2.45) is 0 Å². The predicted octanol–water partition coefficient (Wildman–Crippen LogP) is 3.27. The van der Waals surface area contributed by atoms with Gasteiger partial charge in [0.15, 0.2) is 5.82 Å². The van der Waals surface area contributed by atoms with Crippen LogP contribution in [0.15, 0.2) is 54.6 Å². The molecule has 0 saturated carbocycles. The molecule has 7 nitrogen and oxygen atoms in total. The summed E-state index contributed by atoms with van der Waals surface area (Å²) in [4.78, 5) is 30.2. The average Bonchev–Trinajstić information content (AvgIpc) is 3.18. The summed E-state index contributed by atoms with van der Waals surface area (Å²) in [7, 11) is 0. The molecular weight excluding hydrogens is 378 g/mol. The smallest absolute Gasteiger partial charge is 0.291 e. The van der Waals surface area contributed by atoms with Crippen LogP contribution in [0.1, 0.15) is 50.8 Å². The lowest BCUT2D eigenvalue weighted by Crippen LogP contribution is -2.25. The van der Waals surface area contributed by atoms with E-state index in [1.54, 1.807) is 24.3 Å². The predicted molar refractivity (Wildman–Crippen MR) is 112 cm³/mol. The van der Waals surface area contributed by atoms with E-state index in [0.29, 0.717) is 36.5 Å². The maximum Gasteiger partial charge on any atom is 0.291 e. The number of rotatable bonds is 5. The van der Waals surface area contributed by atoms with Crippen molar-refractivity contribution in [3.8, 4) is 6.07 Å². The molecule has 3 aromatic rings. The first-order chi connectivity index (χ1) is 14.7. The normalized spacial score (nSPS) is 12.5. The summed E-state index contributed by atoms with van der Waals surface area (Å²) < 4.78 is 1.82. The first-order valence-corrected chi connectivity index (χ1v) is 9.89. The fourth-order valence-corrected chi connectivity index (χ4v) is 3.63. The lowest BCUT2D eigenvalue weighted by Gasteiger charge is -2.17. The van der Waals surface area contributed by atoms with Crippen molar-refractivity contribution < 1.29 is 9.59 Å². The Labute approximate surface area is 174 Å². The molecule has 0 unspecified atom stereocenters. The molecule has 0 spiro atoms. The number of nitrogens with zero attached hydrogens (tertiary/aromatic N) is 3. The number of para-hydroxylation sites is 1. The quantitative estimate of drug-likeness (QED) is 0.688. The molecule has 0 aliphatic carbocycles. The van der Waals surface area contributed by atoms with Gasteiger partial charge in [-0.05, 0) is 37.0 Å². The van der Waals surface area contributed by atoms with Gasteiger partial charge in [-0.3, -0.25) is 9.59 Å². The number of imidazole rings is 1. The van der Waals surface area contributed by atoms with Gasteiger partial charge in [-0.2, -0.15) is 5.26 Å². The van der Waals surface area contributed by atoms with Gasteiger partial charge < -0.3 is 15.2 Å². The lowest BCUT2D eigenvalue weighted by atomic mass is 10.1. The van der Waals surface area contributed by atoms with Gasteiger partial charge in [0.05, 0.1) is 16.9 Å². The van der Waals surface area contributed by atoms with Crippen LogP contribution in [0.3, 0.4) is 0 Å². The molecule has 0 radical (unpaired) electrons. The number of hydrogen-bond donors (Lipinski definition) is 2. The molecule has 2 aromatic carbocycles. The minimum absolute atomic E-state index is 0.197. The first-order valence-electron chi connectivity index (χ1n) is 9.89. The molecule has 30 heavy (non-hydrogen) atoms. The molecule has 0 fully saturated rings. The molecule has 4 rings (SSSR count). The van der Waals surface area contributed by atoms with Crippen molar-refractivity contribution in [2.45, 2.75) is 32.4 Å². The Kier molecular flexibility index (Phi) is 5.57. The van der Waals surface area contributed by atoms with Gasteiger partial charge in [-0.15, -0.1) is 0 Å². The Morgan fingerprint density at radius 1 is 1.03 bits per heavy atom. The van der Waals surface area contributed by atoms with Crippen molar-refractivity contribution in [2.75, 3.05) is 5.32 Å². The molecule has 2 heterocycles. The number of aromatic nitrogens is 2. The van der Waals surface area contributed by atoms with Gasteiger partial charge in [-0.1, -0.05) is 42.5 Å². The van der Waals surface area contributed by atoms with Crippen LogP contribution in [0.25, 0.3) is 0 Å². The Bertz CT molecular complexity index is 1130. The molecular formula is C23H21N5O2. The summed E-state index contributed by atoms with van der Waals surface area (Å²) in [6, 6.07) is 18.5. The van der Waals surface area contributed by atoms with Gasteiger partial charge in [0, 0.05) is 13.1 Å². The second kappa shape index (κ2) is 8.62. The Morgan fingerprint density at radius 2 is 1.80 bits per heavy atom. The van der Waals surface area contributed by atoms with Crippen LogP contribution < -0.4 is 10.6 Å². The van der Waals surface area contributed by atoms with E-state index in [1.807, 2.05) is 34.9 Å². The third-order valence-electron chi connectivity index (χ3n) is 5.13. The fraction of sp³-hybridized carbons (Fsp3) is 0.217. The van der Waals surface area contributed by atoms with Gasteiger partial charge in [-0.25, -0.2) is 4.98 Å². The van der Waals surface area contributed by atoms with Crippen LogP contribution in [0.4, 0.5) is 5.69 Å². The van der Waals surface area contributed by atoms with Crippen LogP contribution in [0.5, 0.6) is 0 Å². The number of anilines is 1. The zero-order valence-electron chi connectivity index (χ0n) is 16.4. The van der Waals surface area contributed by atoms with Crippen LogP contribution in [-0.4, -0.2) is 21.4 Å². The summed E-state index contributed by atoms with van der Waals surface area (Å²) >= 11 is 0.